The summed E-state index contributed by atoms with van der Waals surface area (Å²) in [5, 5.41) is 3.36. The van der Waals surface area contributed by atoms with Gasteiger partial charge in [-0.15, -0.1) is 0 Å². The van der Waals surface area contributed by atoms with E-state index < -0.39 is 13.4 Å². The van der Waals surface area contributed by atoms with Crippen LogP contribution < -0.4 is 5.32 Å². The first-order chi connectivity index (χ1) is 14.1. The van der Waals surface area contributed by atoms with Gasteiger partial charge in [-0.3, -0.25) is 4.57 Å². The van der Waals surface area contributed by atoms with E-state index in [1.54, 1.807) is 0 Å². The predicted octanol–water partition coefficient (Wildman–Crippen LogP) is 8.19. The van der Waals surface area contributed by atoms with Crippen molar-refractivity contribution in [3.05, 3.63) is 0 Å². The molecule has 2 N–H and O–H groups in total. The van der Waals surface area contributed by atoms with Crippen molar-refractivity contribution in [3.8, 4) is 0 Å². The van der Waals surface area contributed by atoms with Crippen molar-refractivity contribution in [1.29, 1.82) is 0 Å². The zero-order chi connectivity index (χ0) is 21.6. The van der Waals surface area contributed by atoms with Gasteiger partial charge < -0.3 is 14.7 Å². The molecular formula is C24H52NO3P. The first kappa shape index (κ1) is 29.1. The molecule has 0 spiro atoms. The molecule has 0 amide bonds. The second-order valence-electron chi connectivity index (χ2n) is 8.61. The molecule has 0 bridgehead atoms. The quantitative estimate of drug-likeness (QED) is 0.126. The molecule has 5 heteroatoms. The zero-order valence-corrected chi connectivity index (χ0v) is 20.8. The summed E-state index contributed by atoms with van der Waals surface area (Å²) < 4.78 is 18.1. The third-order valence-electron chi connectivity index (χ3n) is 5.66. The molecule has 2 atom stereocenters. The van der Waals surface area contributed by atoms with Gasteiger partial charge in [-0.05, 0) is 25.8 Å². The molecule has 0 aromatic carbocycles. The molecule has 0 aromatic heterocycles. The number of unbranched alkanes of at least 4 members (excludes halogenated alkanes) is 14. The van der Waals surface area contributed by atoms with Gasteiger partial charge in [0.05, 0.1) is 6.61 Å². The van der Waals surface area contributed by atoms with E-state index in [1.807, 2.05) is 0 Å². The van der Waals surface area contributed by atoms with Crippen molar-refractivity contribution in [2.45, 2.75) is 142 Å². The minimum absolute atomic E-state index is 0.385. The van der Waals surface area contributed by atoms with Crippen LogP contribution in [0.15, 0.2) is 0 Å². The third kappa shape index (κ3) is 18.6. The smallest absolute Gasteiger partial charge is 0.323 e. The van der Waals surface area contributed by atoms with Crippen molar-refractivity contribution in [3.63, 3.8) is 0 Å². The Kier molecular flexibility index (Phi) is 21.4. The Labute approximate surface area is 182 Å². The van der Waals surface area contributed by atoms with Crippen molar-refractivity contribution in [2.24, 2.45) is 0 Å². The van der Waals surface area contributed by atoms with E-state index in [-0.39, 0.29) is 0 Å². The maximum Gasteiger partial charge on any atom is 0.344 e. The van der Waals surface area contributed by atoms with Gasteiger partial charge in [-0.25, -0.2) is 0 Å². The lowest BCUT2D eigenvalue weighted by Crippen LogP contribution is -2.31. The average Bonchev–Trinajstić information content (AvgIpc) is 2.70. The molecule has 0 aliphatic heterocycles. The maximum atomic E-state index is 12.7. The summed E-state index contributed by atoms with van der Waals surface area (Å²) in [6.07, 6.45) is 21.5. The lowest BCUT2D eigenvalue weighted by Gasteiger charge is -2.24. The molecule has 0 aliphatic carbocycles. The van der Waals surface area contributed by atoms with E-state index in [9.17, 15) is 9.46 Å². The summed E-state index contributed by atoms with van der Waals surface area (Å²) in [7, 11) is -3.58. The Morgan fingerprint density at radius 2 is 1.14 bits per heavy atom. The van der Waals surface area contributed by atoms with Crippen LogP contribution in [0.3, 0.4) is 0 Å². The fourth-order valence-corrected chi connectivity index (χ4v) is 5.07. The molecule has 2 unspecified atom stereocenters. The van der Waals surface area contributed by atoms with Crippen LogP contribution in [0.1, 0.15) is 136 Å². The lowest BCUT2D eigenvalue weighted by atomic mass is 10.1. The van der Waals surface area contributed by atoms with E-state index in [0.717, 1.165) is 45.1 Å². The van der Waals surface area contributed by atoms with Gasteiger partial charge in [0.2, 0.25) is 0 Å². The average molecular weight is 434 g/mol. The summed E-state index contributed by atoms with van der Waals surface area (Å²) in [5.74, 6) is -0.403. The molecule has 0 saturated carbocycles. The predicted molar refractivity (Wildman–Crippen MR) is 128 cm³/mol. The van der Waals surface area contributed by atoms with E-state index in [2.05, 4.69) is 26.1 Å². The van der Waals surface area contributed by atoms with E-state index >= 15 is 0 Å². The van der Waals surface area contributed by atoms with Crippen molar-refractivity contribution >= 4 is 7.60 Å². The van der Waals surface area contributed by atoms with Crippen LogP contribution in [-0.4, -0.2) is 23.8 Å². The molecule has 0 aromatic rings. The van der Waals surface area contributed by atoms with Crippen molar-refractivity contribution in [1.82, 2.24) is 5.32 Å². The largest absolute Gasteiger partial charge is 0.344 e. The highest BCUT2D eigenvalue weighted by Gasteiger charge is 2.31. The minimum Gasteiger partial charge on any atom is -0.323 e. The summed E-state index contributed by atoms with van der Waals surface area (Å²) >= 11 is 0. The first-order valence-corrected chi connectivity index (χ1v) is 14.4. The second kappa shape index (κ2) is 21.3. The van der Waals surface area contributed by atoms with Gasteiger partial charge in [-0.1, -0.05) is 117 Å². The highest BCUT2D eigenvalue weighted by molar-refractivity contribution is 7.53. The minimum atomic E-state index is -3.58. The SMILES string of the molecule is CCCCCCCCCCCCNC(CCCCCCC)P(=O)(O)OCCCC. The standard InChI is InChI=1S/C24H52NO3P/c1-4-7-10-12-13-14-15-16-18-20-22-25-24(21-19-17-11-8-5-2)29(26,27)28-23-9-6-3/h24-25H,4-23H2,1-3H3,(H,26,27). The van der Waals surface area contributed by atoms with Crippen LogP contribution in [-0.2, 0) is 9.09 Å². The molecule has 29 heavy (non-hydrogen) atoms. The van der Waals surface area contributed by atoms with Crippen LogP contribution in [0.5, 0.6) is 0 Å². The van der Waals surface area contributed by atoms with Crippen LogP contribution in [0.25, 0.3) is 0 Å². The molecule has 4 nitrogen and oxygen atoms in total. The van der Waals surface area contributed by atoms with E-state index in [0.29, 0.717) is 6.61 Å². The molecule has 176 valence electrons. The molecule has 0 heterocycles. The number of rotatable bonds is 23. The first-order valence-electron chi connectivity index (χ1n) is 12.8. The van der Waals surface area contributed by atoms with E-state index in [4.69, 9.17) is 4.52 Å². The van der Waals surface area contributed by atoms with E-state index in [1.165, 1.54) is 77.0 Å². The Morgan fingerprint density at radius 1 is 0.690 bits per heavy atom. The van der Waals surface area contributed by atoms with Crippen LogP contribution in [0.4, 0.5) is 0 Å². The monoisotopic (exact) mass is 433 g/mol. The number of nitrogens with one attached hydrogen (secondary N) is 1. The molecule has 0 radical (unpaired) electrons. The second-order valence-corrected chi connectivity index (χ2v) is 10.6. The van der Waals surface area contributed by atoms with Gasteiger partial charge >= 0.3 is 7.60 Å². The molecule has 0 aliphatic rings. The zero-order valence-electron chi connectivity index (χ0n) is 19.9. The van der Waals surface area contributed by atoms with Gasteiger partial charge in [0.1, 0.15) is 5.78 Å². The topological polar surface area (TPSA) is 58.6 Å². The molecule has 0 fully saturated rings. The Bertz CT molecular complexity index is 379. The van der Waals surface area contributed by atoms with Gasteiger partial charge in [-0.2, -0.15) is 0 Å². The summed E-state index contributed by atoms with van der Waals surface area (Å²) in [6.45, 7) is 7.74. The summed E-state index contributed by atoms with van der Waals surface area (Å²) in [5.41, 5.74) is 0. The number of hydrogen-bond donors (Lipinski definition) is 2. The fourth-order valence-electron chi connectivity index (χ4n) is 3.63. The summed E-state index contributed by atoms with van der Waals surface area (Å²) in [6, 6.07) is 0. The Morgan fingerprint density at radius 3 is 1.66 bits per heavy atom. The summed E-state index contributed by atoms with van der Waals surface area (Å²) in [4.78, 5) is 10.4. The van der Waals surface area contributed by atoms with Crippen LogP contribution in [0, 0.1) is 0 Å². The third-order valence-corrected chi connectivity index (χ3v) is 7.44. The molecule has 0 saturated heterocycles. The lowest BCUT2D eigenvalue weighted by molar-refractivity contribution is 0.239. The fraction of sp³-hybridized carbons (Fsp3) is 1.00. The van der Waals surface area contributed by atoms with Gasteiger partial charge in [0.25, 0.3) is 0 Å². The van der Waals surface area contributed by atoms with Crippen molar-refractivity contribution < 1.29 is 14.0 Å². The highest BCUT2D eigenvalue weighted by atomic mass is 31.2. The Hall–Kier alpha value is 0.110. The van der Waals surface area contributed by atoms with Gasteiger partial charge in [0, 0.05) is 0 Å². The Balaban J connectivity index is 4.02. The van der Waals surface area contributed by atoms with Crippen LogP contribution in [0.2, 0.25) is 0 Å². The maximum absolute atomic E-state index is 12.7. The number of hydrogen-bond acceptors (Lipinski definition) is 3. The molecule has 0 rings (SSSR count). The highest BCUT2D eigenvalue weighted by Crippen LogP contribution is 2.48. The van der Waals surface area contributed by atoms with Crippen LogP contribution >= 0.6 is 7.60 Å². The van der Waals surface area contributed by atoms with Gasteiger partial charge in [0.15, 0.2) is 0 Å². The normalized spacial score (nSPS) is 14.8. The van der Waals surface area contributed by atoms with Crippen molar-refractivity contribution in [2.75, 3.05) is 13.2 Å². The molecular weight excluding hydrogens is 381 g/mol.